The first-order valence-electron chi connectivity index (χ1n) is 5.32. The minimum absolute atomic E-state index is 0.0877. The lowest BCUT2D eigenvalue weighted by atomic mass is 10.2. The van der Waals surface area contributed by atoms with Crippen LogP contribution in [0.4, 0.5) is 11.5 Å². The molecule has 0 saturated carbocycles. The summed E-state index contributed by atoms with van der Waals surface area (Å²) >= 11 is 1.64. The number of carboxylic acid groups (broad SMARTS) is 1. The number of aromatic carboxylic acids is 1. The van der Waals surface area contributed by atoms with Crippen LogP contribution in [-0.2, 0) is 6.54 Å². The molecule has 0 aliphatic heterocycles. The summed E-state index contributed by atoms with van der Waals surface area (Å²) in [5.41, 5.74) is 8.57. The van der Waals surface area contributed by atoms with Crippen molar-refractivity contribution in [2.45, 2.75) is 13.5 Å². The summed E-state index contributed by atoms with van der Waals surface area (Å²) in [6, 6.07) is 1.40. The van der Waals surface area contributed by atoms with Crippen molar-refractivity contribution >= 4 is 28.8 Å². The van der Waals surface area contributed by atoms with Gasteiger partial charge in [0.05, 0.1) is 11.3 Å². The van der Waals surface area contributed by atoms with Crippen molar-refractivity contribution in [3.63, 3.8) is 0 Å². The Morgan fingerprint density at radius 2 is 2.33 bits per heavy atom. The number of hydrogen-bond donors (Lipinski definition) is 3. The number of nitrogens with two attached hydrogens (primary N) is 1. The molecular formula is C12H13N3O2S. The number of thiophene rings is 1. The van der Waals surface area contributed by atoms with Crippen LogP contribution in [0.3, 0.4) is 0 Å². The average molecular weight is 263 g/mol. The molecule has 0 saturated heterocycles. The van der Waals surface area contributed by atoms with Crippen LogP contribution >= 0.6 is 11.3 Å². The summed E-state index contributed by atoms with van der Waals surface area (Å²) in [4.78, 5) is 14.8. The van der Waals surface area contributed by atoms with E-state index < -0.39 is 5.97 Å². The number of anilines is 2. The van der Waals surface area contributed by atoms with Crippen LogP contribution in [0.5, 0.6) is 0 Å². The quantitative estimate of drug-likeness (QED) is 0.788. The maximum atomic E-state index is 10.7. The maximum absolute atomic E-state index is 10.7. The highest BCUT2D eigenvalue weighted by Gasteiger charge is 2.08. The third kappa shape index (κ3) is 2.60. The number of aryl methyl sites for hydroxylation is 1. The van der Waals surface area contributed by atoms with E-state index in [2.05, 4.69) is 21.1 Å². The third-order valence-corrected chi connectivity index (χ3v) is 3.48. The molecule has 0 spiro atoms. The number of rotatable bonds is 4. The fourth-order valence-electron chi connectivity index (χ4n) is 1.49. The summed E-state index contributed by atoms with van der Waals surface area (Å²) in [5, 5.41) is 16.0. The molecule has 4 N–H and O–H groups in total. The minimum Gasteiger partial charge on any atom is -0.478 e. The van der Waals surface area contributed by atoms with E-state index in [0.29, 0.717) is 18.1 Å². The Balaban J connectivity index is 2.11. The molecule has 0 bridgehead atoms. The molecule has 6 heteroatoms. The second-order valence-electron chi connectivity index (χ2n) is 3.90. The molecule has 0 radical (unpaired) electrons. The van der Waals surface area contributed by atoms with Gasteiger partial charge >= 0.3 is 5.97 Å². The zero-order chi connectivity index (χ0) is 13.1. The lowest BCUT2D eigenvalue weighted by Crippen LogP contribution is -2.07. The smallest absolute Gasteiger partial charge is 0.337 e. The minimum atomic E-state index is -1.03. The number of nitrogen functional groups attached to an aromatic ring is 1. The van der Waals surface area contributed by atoms with Gasteiger partial charge in [0.2, 0.25) is 0 Å². The third-order valence-electron chi connectivity index (χ3n) is 2.57. The van der Waals surface area contributed by atoms with Gasteiger partial charge in [0.25, 0.3) is 0 Å². The number of pyridine rings is 1. The molecule has 0 atom stereocenters. The summed E-state index contributed by atoms with van der Waals surface area (Å²) in [7, 11) is 0. The van der Waals surface area contributed by atoms with Crippen LogP contribution in [0, 0.1) is 6.92 Å². The van der Waals surface area contributed by atoms with E-state index in [0.717, 1.165) is 0 Å². The Kier molecular flexibility index (Phi) is 3.47. The largest absolute Gasteiger partial charge is 0.478 e. The second kappa shape index (κ2) is 5.05. The Morgan fingerprint density at radius 3 is 2.89 bits per heavy atom. The molecule has 2 rings (SSSR count). The van der Waals surface area contributed by atoms with Gasteiger partial charge in [-0.25, -0.2) is 9.78 Å². The fraction of sp³-hybridized carbons (Fsp3) is 0.167. The van der Waals surface area contributed by atoms with Gasteiger partial charge in [-0.1, -0.05) is 0 Å². The van der Waals surface area contributed by atoms with Crippen molar-refractivity contribution in [1.29, 1.82) is 0 Å². The summed E-state index contributed by atoms with van der Waals surface area (Å²) in [6.45, 7) is 2.66. The number of aromatic nitrogens is 1. The molecule has 2 aromatic heterocycles. The van der Waals surface area contributed by atoms with Crippen LogP contribution < -0.4 is 11.1 Å². The van der Waals surface area contributed by atoms with Gasteiger partial charge in [0.1, 0.15) is 5.82 Å². The standard InChI is InChI=1S/C12H13N3O2S/c1-7-5-18-6-9(7)4-15-11-10(13)2-8(3-14-11)12(16)17/h2-3,5-6H,4,13H2,1H3,(H,14,15)(H,16,17). The highest BCUT2D eigenvalue weighted by atomic mass is 32.1. The molecule has 0 aromatic carbocycles. The van der Waals surface area contributed by atoms with Gasteiger partial charge in [-0.3, -0.25) is 0 Å². The molecule has 0 aliphatic carbocycles. The highest BCUT2D eigenvalue weighted by molar-refractivity contribution is 7.08. The lowest BCUT2D eigenvalue weighted by molar-refractivity contribution is 0.0696. The van der Waals surface area contributed by atoms with Gasteiger partial charge in [-0.05, 0) is 34.9 Å². The van der Waals surface area contributed by atoms with E-state index in [-0.39, 0.29) is 5.56 Å². The normalized spacial score (nSPS) is 10.3. The van der Waals surface area contributed by atoms with E-state index >= 15 is 0 Å². The Morgan fingerprint density at radius 1 is 1.56 bits per heavy atom. The monoisotopic (exact) mass is 263 g/mol. The van der Waals surface area contributed by atoms with Crippen LogP contribution in [0.15, 0.2) is 23.0 Å². The molecule has 2 aromatic rings. The van der Waals surface area contributed by atoms with Crippen molar-refractivity contribution < 1.29 is 9.90 Å². The molecule has 94 valence electrons. The molecule has 0 aliphatic rings. The predicted octanol–water partition coefficient (Wildman–Crippen LogP) is 2.34. The van der Waals surface area contributed by atoms with Crippen molar-refractivity contribution in [2.24, 2.45) is 0 Å². The first kappa shape index (κ1) is 12.4. The van der Waals surface area contributed by atoms with Crippen molar-refractivity contribution in [2.75, 3.05) is 11.1 Å². The van der Waals surface area contributed by atoms with Crippen LogP contribution in [-0.4, -0.2) is 16.1 Å². The second-order valence-corrected chi connectivity index (χ2v) is 4.64. The molecule has 0 fully saturated rings. The van der Waals surface area contributed by atoms with Gasteiger partial charge in [-0.15, -0.1) is 0 Å². The number of carboxylic acids is 1. The Labute approximate surface area is 108 Å². The van der Waals surface area contributed by atoms with Gasteiger partial charge < -0.3 is 16.2 Å². The average Bonchev–Trinajstić information content (AvgIpc) is 2.73. The van der Waals surface area contributed by atoms with Crippen LogP contribution in [0.2, 0.25) is 0 Å². The number of carbonyl (C=O) groups is 1. The van der Waals surface area contributed by atoms with Crippen molar-refractivity contribution in [3.05, 3.63) is 39.7 Å². The summed E-state index contributed by atoms with van der Waals surface area (Å²) in [5.74, 6) is -0.528. The van der Waals surface area contributed by atoms with Gasteiger partial charge in [0.15, 0.2) is 0 Å². The van der Waals surface area contributed by atoms with E-state index in [4.69, 9.17) is 10.8 Å². The number of nitrogens with zero attached hydrogens (tertiary/aromatic N) is 1. The van der Waals surface area contributed by atoms with Crippen molar-refractivity contribution in [3.8, 4) is 0 Å². The molecule has 0 amide bonds. The SMILES string of the molecule is Cc1cscc1CNc1ncc(C(=O)O)cc1N. The maximum Gasteiger partial charge on any atom is 0.337 e. The Hall–Kier alpha value is -2.08. The molecule has 0 unspecified atom stereocenters. The fourth-order valence-corrected chi connectivity index (χ4v) is 2.35. The van der Waals surface area contributed by atoms with E-state index in [1.807, 2.05) is 6.92 Å². The van der Waals surface area contributed by atoms with Crippen LogP contribution in [0.1, 0.15) is 21.5 Å². The van der Waals surface area contributed by atoms with E-state index in [1.54, 1.807) is 11.3 Å². The lowest BCUT2D eigenvalue weighted by Gasteiger charge is -2.08. The Bertz CT molecular complexity index is 580. The van der Waals surface area contributed by atoms with Crippen molar-refractivity contribution in [1.82, 2.24) is 4.98 Å². The molecule has 18 heavy (non-hydrogen) atoms. The van der Waals surface area contributed by atoms with Gasteiger partial charge in [0, 0.05) is 12.7 Å². The predicted molar refractivity (Wildman–Crippen MR) is 72.0 cm³/mol. The first-order valence-corrected chi connectivity index (χ1v) is 6.26. The number of hydrogen-bond acceptors (Lipinski definition) is 5. The zero-order valence-corrected chi connectivity index (χ0v) is 10.6. The summed E-state index contributed by atoms with van der Waals surface area (Å²) < 4.78 is 0. The highest BCUT2D eigenvalue weighted by Crippen LogP contribution is 2.19. The van der Waals surface area contributed by atoms with Crippen LogP contribution in [0.25, 0.3) is 0 Å². The zero-order valence-electron chi connectivity index (χ0n) is 9.80. The first-order chi connectivity index (χ1) is 8.58. The summed E-state index contributed by atoms with van der Waals surface area (Å²) in [6.07, 6.45) is 1.29. The topological polar surface area (TPSA) is 88.2 Å². The molecule has 2 heterocycles. The van der Waals surface area contributed by atoms with Gasteiger partial charge in [-0.2, -0.15) is 11.3 Å². The molecular weight excluding hydrogens is 250 g/mol. The molecule has 5 nitrogen and oxygen atoms in total. The number of nitrogens with one attached hydrogen (secondary N) is 1. The van der Waals surface area contributed by atoms with E-state index in [1.165, 1.54) is 23.4 Å². The van der Waals surface area contributed by atoms with E-state index in [9.17, 15) is 4.79 Å².